The summed E-state index contributed by atoms with van der Waals surface area (Å²) >= 11 is 0. The second-order valence-electron chi connectivity index (χ2n) is 3.19. The SMILES string of the molecule is CC(C)(C)ONCCCO. The molecule has 0 aromatic heterocycles. The summed E-state index contributed by atoms with van der Waals surface area (Å²) in [5, 5.41) is 8.40. The van der Waals surface area contributed by atoms with Gasteiger partial charge in [0.25, 0.3) is 0 Å². The van der Waals surface area contributed by atoms with Gasteiger partial charge in [0, 0.05) is 13.2 Å². The molecule has 0 aliphatic heterocycles. The molecule has 0 atom stereocenters. The van der Waals surface area contributed by atoms with Crippen LogP contribution in [0.3, 0.4) is 0 Å². The van der Waals surface area contributed by atoms with E-state index in [0.717, 1.165) is 6.42 Å². The van der Waals surface area contributed by atoms with E-state index in [1.54, 1.807) is 0 Å². The quantitative estimate of drug-likeness (QED) is 0.454. The highest BCUT2D eigenvalue weighted by Crippen LogP contribution is 2.02. The fourth-order valence-electron chi connectivity index (χ4n) is 0.419. The molecule has 3 heteroatoms. The van der Waals surface area contributed by atoms with Gasteiger partial charge in [-0.2, -0.15) is 0 Å². The molecule has 3 nitrogen and oxygen atoms in total. The van der Waals surface area contributed by atoms with Gasteiger partial charge in [0.05, 0.1) is 5.60 Å². The summed E-state index contributed by atoms with van der Waals surface area (Å²) < 4.78 is 0. The lowest BCUT2D eigenvalue weighted by Gasteiger charge is -2.18. The van der Waals surface area contributed by atoms with Gasteiger partial charge in [0.2, 0.25) is 0 Å². The van der Waals surface area contributed by atoms with E-state index in [1.807, 2.05) is 20.8 Å². The molecule has 2 N–H and O–H groups in total. The molecule has 0 spiro atoms. The summed E-state index contributed by atoms with van der Waals surface area (Å²) in [6.45, 7) is 6.82. The number of hydrogen-bond acceptors (Lipinski definition) is 3. The largest absolute Gasteiger partial charge is 0.396 e. The molecule has 0 saturated carbocycles. The van der Waals surface area contributed by atoms with Crippen molar-refractivity contribution in [1.82, 2.24) is 5.48 Å². The summed E-state index contributed by atoms with van der Waals surface area (Å²) in [6, 6.07) is 0. The molecule has 0 aromatic carbocycles. The summed E-state index contributed by atoms with van der Waals surface area (Å²) in [6.07, 6.45) is 0.732. The van der Waals surface area contributed by atoms with Gasteiger partial charge in [0.15, 0.2) is 0 Å². The Kier molecular flexibility index (Phi) is 4.60. The second kappa shape index (κ2) is 4.66. The summed E-state index contributed by atoms with van der Waals surface area (Å²) in [7, 11) is 0. The number of hydroxylamine groups is 1. The van der Waals surface area contributed by atoms with E-state index in [2.05, 4.69) is 5.48 Å². The third kappa shape index (κ3) is 7.88. The molecule has 10 heavy (non-hydrogen) atoms. The Hall–Kier alpha value is -0.120. The van der Waals surface area contributed by atoms with Crippen LogP contribution < -0.4 is 5.48 Å². The lowest BCUT2D eigenvalue weighted by Crippen LogP contribution is -2.29. The molecule has 0 unspecified atom stereocenters. The topological polar surface area (TPSA) is 41.5 Å². The maximum Gasteiger partial charge on any atom is 0.0812 e. The van der Waals surface area contributed by atoms with E-state index in [4.69, 9.17) is 9.94 Å². The average Bonchev–Trinajstić information content (AvgIpc) is 1.78. The van der Waals surface area contributed by atoms with E-state index in [-0.39, 0.29) is 12.2 Å². The Labute approximate surface area is 62.3 Å². The van der Waals surface area contributed by atoms with Crippen molar-refractivity contribution < 1.29 is 9.94 Å². The Morgan fingerprint density at radius 2 is 2.00 bits per heavy atom. The van der Waals surface area contributed by atoms with Crippen molar-refractivity contribution in [3.63, 3.8) is 0 Å². The van der Waals surface area contributed by atoms with Crippen molar-refractivity contribution in [3.8, 4) is 0 Å². The van der Waals surface area contributed by atoms with E-state index >= 15 is 0 Å². The second-order valence-corrected chi connectivity index (χ2v) is 3.19. The first kappa shape index (κ1) is 9.88. The van der Waals surface area contributed by atoms with Gasteiger partial charge < -0.3 is 5.11 Å². The molecule has 0 saturated heterocycles. The average molecular weight is 147 g/mol. The number of rotatable bonds is 4. The third-order valence-corrected chi connectivity index (χ3v) is 0.815. The van der Waals surface area contributed by atoms with Crippen molar-refractivity contribution >= 4 is 0 Å². The van der Waals surface area contributed by atoms with Gasteiger partial charge in [0.1, 0.15) is 0 Å². The van der Waals surface area contributed by atoms with Gasteiger partial charge in [-0.3, -0.25) is 4.84 Å². The van der Waals surface area contributed by atoms with Crippen LogP contribution in [0.2, 0.25) is 0 Å². The van der Waals surface area contributed by atoms with E-state index in [1.165, 1.54) is 0 Å². The minimum atomic E-state index is -0.143. The monoisotopic (exact) mass is 147 g/mol. The standard InChI is InChI=1S/C7H17NO2/c1-7(2,3)10-8-5-4-6-9/h8-9H,4-6H2,1-3H3. The molecule has 0 heterocycles. The van der Waals surface area contributed by atoms with Crippen molar-refractivity contribution in [2.75, 3.05) is 13.2 Å². The molecule has 0 radical (unpaired) electrons. The predicted octanol–water partition coefficient (Wildman–Crippen LogP) is 0.688. The van der Waals surface area contributed by atoms with Gasteiger partial charge in [-0.15, -0.1) is 0 Å². The molecule has 0 aliphatic rings. The smallest absolute Gasteiger partial charge is 0.0812 e. The number of hydrogen-bond donors (Lipinski definition) is 2. The predicted molar refractivity (Wildman–Crippen MR) is 40.5 cm³/mol. The Morgan fingerprint density at radius 3 is 2.40 bits per heavy atom. The van der Waals surface area contributed by atoms with Gasteiger partial charge >= 0.3 is 0 Å². The van der Waals surface area contributed by atoms with Gasteiger partial charge in [-0.1, -0.05) is 0 Å². The molecule has 0 amide bonds. The minimum Gasteiger partial charge on any atom is -0.396 e. The summed E-state index contributed by atoms with van der Waals surface area (Å²) in [5.41, 5.74) is 2.62. The van der Waals surface area contributed by atoms with E-state index in [0.29, 0.717) is 6.54 Å². The first-order chi connectivity index (χ1) is 4.56. The zero-order valence-corrected chi connectivity index (χ0v) is 6.98. The molecule has 0 aliphatic carbocycles. The highest BCUT2D eigenvalue weighted by Gasteiger charge is 2.08. The van der Waals surface area contributed by atoms with Gasteiger partial charge in [-0.05, 0) is 27.2 Å². The van der Waals surface area contributed by atoms with E-state index < -0.39 is 0 Å². The number of nitrogens with one attached hydrogen (secondary N) is 1. The Balaban J connectivity index is 3.04. The van der Waals surface area contributed by atoms with Crippen molar-refractivity contribution in [3.05, 3.63) is 0 Å². The van der Waals surface area contributed by atoms with Crippen LogP contribution in [0.4, 0.5) is 0 Å². The molecule has 0 aromatic rings. The van der Waals surface area contributed by atoms with Crippen LogP contribution in [-0.2, 0) is 4.84 Å². The highest BCUT2D eigenvalue weighted by atomic mass is 16.7. The van der Waals surface area contributed by atoms with Crippen LogP contribution in [0, 0.1) is 0 Å². The lowest BCUT2D eigenvalue weighted by molar-refractivity contribution is -0.0734. The van der Waals surface area contributed by atoms with Gasteiger partial charge in [-0.25, -0.2) is 5.48 Å². The summed E-state index contributed by atoms with van der Waals surface area (Å²) in [4.78, 5) is 5.17. The van der Waals surface area contributed by atoms with Crippen LogP contribution in [-0.4, -0.2) is 23.9 Å². The molecular weight excluding hydrogens is 130 g/mol. The van der Waals surface area contributed by atoms with Crippen LogP contribution in [0.25, 0.3) is 0 Å². The zero-order chi connectivity index (χ0) is 8.04. The van der Waals surface area contributed by atoms with Crippen molar-refractivity contribution in [1.29, 1.82) is 0 Å². The van der Waals surface area contributed by atoms with Crippen molar-refractivity contribution in [2.45, 2.75) is 32.8 Å². The number of aliphatic hydroxyl groups is 1. The molecule has 62 valence electrons. The van der Waals surface area contributed by atoms with Crippen LogP contribution in [0.1, 0.15) is 27.2 Å². The number of aliphatic hydroxyl groups excluding tert-OH is 1. The zero-order valence-electron chi connectivity index (χ0n) is 6.98. The molecular formula is C7H17NO2. The maximum absolute atomic E-state index is 8.40. The van der Waals surface area contributed by atoms with Crippen LogP contribution >= 0.6 is 0 Å². The highest BCUT2D eigenvalue weighted by molar-refractivity contribution is 4.56. The van der Waals surface area contributed by atoms with Crippen molar-refractivity contribution in [2.24, 2.45) is 0 Å². The molecule has 0 bridgehead atoms. The fraction of sp³-hybridized carbons (Fsp3) is 1.00. The van der Waals surface area contributed by atoms with Crippen LogP contribution in [0.15, 0.2) is 0 Å². The molecule has 0 rings (SSSR count). The Morgan fingerprint density at radius 1 is 1.40 bits per heavy atom. The Bertz CT molecular complexity index is 78.2. The lowest BCUT2D eigenvalue weighted by atomic mass is 10.2. The normalized spacial score (nSPS) is 12.0. The first-order valence-electron chi connectivity index (χ1n) is 3.58. The van der Waals surface area contributed by atoms with E-state index in [9.17, 15) is 0 Å². The maximum atomic E-state index is 8.40. The van der Waals surface area contributed by atoms with Crippen LogP contribution in [0.5, 0.6) is 0 Å². The minimum absolute atomic E-state index is 0.143. The fourth-order valence-corrected chi connectivity index (χ4v) is 0.419. The third-order valence-electron chi connectivity index (χ3n) is 0.815. The summed E-state index contributed by atoms with van der Waals surface area (Å²) in [5.74, 6) is 0. The molecule has 0 fully saturated rings. The first-order valence-corrected chi connectivity index (χ1v) is 3.58.